The number of rotatable bonds is 8. The van der Waals surface area contributed by atoms with Gasteiger partial charge in [0.2, 0.25) is 15.9 Å². The number of amides is 1. The lowest BCUT2D eigenvalue weighted by molar-refractivity contribution is -0.115. The Balaban J connectivity index is 1.58. The summed E-state index contributed by atoms with van der Waals surface area (Å²) in [6, 6.07) is 8.87. The fraction of sp³-hybridized carbons (Fsp3) is 0.423. The Labute approximate surface area is 201 Å². The molecule has 0 spiro atoms. The van der Waals surface area contributed by atoms with E-state index in [9.17, 15) is 13.2 Å². The van der Waals surface area contributed by atoms with Crippen molar-refractivity contribution in [3.63, 3.8) is 0 Å². The first-order valence-corrected chi connectivity index (χ1v) is 13.2. The Kier molecular flexibility index (Phi) is 7.00. The molecule has 1 amide bonds. The number of carbonyl (C=O) groups is 1. The summed E-state index contributed by atoms with van der Waals surface area (Å²) in [6.07, 6.45) is 3.43. The van der Waals surface area contributed by atoms with Gasteiger partial charge in [0.1, 0.15) is 16.2 Å². The Morgan fingerprint density at radius 2 is 1.91 bits per heavy atom. The second-order valence-electron chi connectivity index (χ2n) is 9.05. The molecule has 8 heteroatoms. The minimum absolute atomic E-state index is 0.0832. The van der Waals surface area contributed by atoms with E-state index in [1.165, 1.54) is 15.9 Å². The smallest absolute Gasteiger partial charge is 0.246 e. The van der Waals surface area contributed by atoms with Crippen molar-refractivity contribution in [1.82, 2.24) is 4.31 Å². The van der Waals surface area contributed by atoms with Crippen LogP contribution >= 0.6 is 0 Å². The van der Waals surface area contributed by atoms with Gasteiger partial charge in [-0.05, 0) is 74.1 Å². The van der Waals surface area contributed by atoms with Crippen molar-refractivity contribution < 1.29 is 22.4 Å². The largest absolute Gasteiger partial charge is 0.492 e. The third-order valence-electron chi connectivity index (χ3n) is 6.23. The maximum Gasteiger partial charge on any atom is 0.246 e. The molecule has 1 aliphatic rings. The monoisotopic (exact) mass is 484 g/mol. The lowest BCUT2D eigenvalue weighted by Gasteiger charge is -2.19. The number of nitrogens with zero attached hydrogens (tertiary/aromatic N) is 1. The molecule has 0 saturated carbocycles. The van der Waals surface area contributed by atoms with Gasteiger partial charge in [0.15, 0.2) is 0 Å². The number of anilines is 1. The predicted octanol–water partition coefficient (Wildman–Crippen LogP) is 5.23. The fourth-order valence-electron chi connectivity index (χ4n) is 4.51. The number of ether oxygens (including phenoxy) is 1. The molecule has 0 radical (unpaired) electrons. The molecule has 3 aromatic rings. The van der Waals surface area contributed by atoms with Gasteiger partial charge in [-0.1, -0.05) is 13.8 Å². The van der Waals surface area contributed by atoms with Crippen LogP contribution in [0.25, 0.3) is 11.0 Å². The van der Waals surface area contributed by atoms with Gasteiger partial charge in [0.25, 0.3) is 0 Å². The highest BCUT2D eigenvalue weighted by atomic mass is 32.2. The lowest BCUT2D eigenvalue weighted by atomic mass is 9.95. The second-order valence-corrected chi connectivity index (χ2v) is 11.0. The van der Waals surface area contributed by atoms with Gasteiger partial charge < -0.3 is 14.5 Å². The van der Waals surface area contributed by atoms with Crippen LogP contribution in [-0.2, 0) is 21.2 Å². The van der Waals surface area contributed by atoms with Crippen LogP contribution in [0, 0.1) is 6.92 Å². The Hall–Kier alpha value is -2.84. The Morgan fingerprint density at radius 1 is 1.18 bits per heavy atom. The van der Waals surface area contributed by atoms with Crippen molar-refractivity contribution in [1.29, 1.82) is 0 Å². The van der Waals surface area contributed by atoms with Crippen LogP contribution in [0.1, 0.15) is 56.2 Å². The topological polar surface area (TPSA) is 88.8 Å². The van der Waals surface area contributed by atoms with Gasteiger partial charge in [-0.3, -0.25) is 4.79 Å². The summed E-state index contributed by atoms with van der Waals surface area (Å²) in [6.45, 7) is 9.48. The number of fused-ring (bicyclic) bond motifs is 1. The molecule has 0 atom stereocenters. The Bertz CT molecular complexity index is 1300. The van der Waals surface area contributed by atoms with E-state index in [1.54, 1.807) is 18.4 Å². The van der Waals surface area contributed by atoms with Crippen LogP contribution in [-0.4, -0.2) is 38.3 Å². The summed E-state index contributed by atoms with van der Waals surface area (Å²) < 4.78 is 39.2. The second kappa shape index (κ2) is 9.80. The minimum Gasteiger partial charge on any atom is -0.492 e. The quantitative estimate of drug-likeness (QED) is 0.473. The van der Waals surface area contributed by atoms with Gasteiger partial charge in [-0.25, -0.2) is 8.42 Å². The van der Waals surface area contributed by atoms with Gasteiger partial charge in [-0.15, -0.1) is 0 Å². The molecule has 1 N–H and O–H groups in total. The van der Waals surface area contributed by atoms with E-state index < -0.39 is 10.0 Å². The predicted molar refractivity (Wildman–Crippen MR) is 133 cm³/mol. The summed E-state index contributed by atoms with van der Waals surface area (Å²) >= 11 is 0. The molecule has 1 fully saturated rings. The highest BCUT2D eigenvalue weighted by molar-refractivity contribution is 7.89. The summed E-state index contributed by atoms with van der Waals surface area (Å²) in [5, 5.41) is 3.77. The van der Waals surface area contributed by atoms with Crippen LogP contribution in [0.2, 0.25) is 0 Å². The molecule has 34 heavy (non-hydrogen) atoms. The van der Waals surface area contributed by atoms with Crippen LogP contribution in [0.3, 0.4) is 0 Å². The third-order valence-corrected chi connectivity index (χ3v) is 8.15. The number of carbonyl (C=O) groups excluding carboxylic acids is 1. The summed E-state index contributed by atoms with van der Waals surface area (Å²) in [5.74, 6) is 0.411. The number of hydrogen-bond acceptors (Lipinski definition) is 5. The number of sulfonamides is 1. The molecule has 2 heterocycles. The normalized spacial score (nSPS) is 14.7. The zero-order valence-corrected chi connectivity index (χ0v) is 21.0. The van der Waals surface area contributed by atoms with Crippen molar-refractivity contribution >= 4 is 32.6 Å². The molecule has 1 aromatic heterocycles. The molecule has 0 unspecified atom stereocenters. The molecule has 1 aliphatic heterocycles. The van der Waals surface area contributed by atoms with Gasteiger partial charge in [-0.2, -0.15) is 4.31 Å². The van der Waals surface area contributed by atoms with E-state index in [2.05, 4.69) is 32.2 Å². The highest BCUT2D eigenvalue weighted by Gasteiger charge is 2.30. The SMILES string of the molecule is CCOc1ccc(NC(=O)Cc2coc3cc(C)c(C(C)C)cc23)cc1S(=O)(=O)N1CCCC1. The van der Waals surface area contributed by atoms with E-state index in [0.29, 0.717) is 37.1 Å². The molecule has 182 valence electrons. The Morgan fingerprint density at radius 3 is 2.59 bits per heavy atom. The number of hydrogen-bond donors (Lipinski definition) is 1. The first-order chi connectivity index (χ1) is 16.2. The van der Waals surface area contributed by atoms with Crippen molar-refractivity contribution in [2.24, 2.45) is 0 Å². The maximum absolute atomic E-state index is 13.2. The maximum atomic E-state index is 13.2. The molecule has 1 saturated heterocycles. The van der Waals surface area contributed by atoms with Crippen LogP contribution in [0.4, 0.5) is 5.69 Å². The molecule has 2 aromatic carbocycles. The lowest BCUT2D eigenvalue weighted by Crippen LogP contribution is -2.28. The standard InChI is InChI=1S/C26H32N2O5S/c1-5-32-23-9-8-20(14-25(23)34(30,31)28-10-6-7-11-28)27-26(29)13-19-16-33-24-12-18(4)21(17(2)3)15-22(19)24/h8-9,12,14-17H,5-7,10-11,13H2,1-4H3,(H,27,29). The van der Waals surface area contributed by atoms with Crippen molar-refractivity contribution in [2.45, 2.75) is 57.8 Å². The van der Waals surface area contributed by atoms with Crippen LogP contribution < -0.4 is 10.1 Å². The third kappa shape index (κ3) is 4.83. The van der Waals surface area contributed by atoms with E-state index in [-0.39, 0.29) is 17.2 Å². The van der Waals surface area contributed by atoms with Crippen molar-refractivity contribution in [3.8, 4) is 5.75 Å². The van der Waals surface area contributed by atoms with Gasteiger partial charge in [0.05, 0.1) is 19.3 Å². The van der Waals surface area contributed by atoms with Crippen LogP contribution in [0.5, 0.6) is 5.75 Å². The van der Waals surface area contributed by atoms with Crippen LogP contribution in [0.15, 0.2) is 45.9 Å². The van der Waals surface area contributed by atoms with Crippen molar-refractivity contribution in [2.75, 3.05) is 25.0 Å². The fourth-order valence-corrected chi connectivity index (χ4v) is 6.19. The number of aryl methyl sites for hydroxylation is 1. The minimum atomic E-state index is -3.70. The van der Waals surface area contributed by atoms with E-state index in [1.807, 2.05) is 13.0 Å². The first kappa shape index (κ1) is 24.3. The zero-order valence-electron chi connectivity index (χ0n) is 20.2. The molecular weight excluding hydrogens is 452 g/mol. The van der Waals surface area contributed by atoms with E-state index in [0.717, 1.165) is 34.9 Å². The summed E-state index contributed by atoms with van der Waals surface area (Å²) in [4.78, 5) is 13.0. The molecule has 4 rings (SSSR count). The number of furan rings is 1. The first-order valence-electron chi connectivity index (χ1n) is 11.8. The average molecular weight is 485 g/mol. The molecule has 7 nitrogen and oxygen atoms in total. The highest BCUT2D eigenvalue weighted by Crippen LogP contribution is 2.32. The van der Waals surface area contributed by atoms with Gasteiger partial charge in [0, 0.05) is 29.7 Å². The number of nitrogens with one attached hydrogen (secondary N) is 1. The molecule has 0 aliphatic carbocycles. The molecular formula is C26H32N2O5S. The summed E-state index contributed by atoms with van der Waals surface area (Å²) in [7, 11) is -3.70. The van der Waals surface area contributed by atoms with Crippen molar-refractivity contribution in [3.05, 3.63) is 53.3 Å². The summed E-state index contributed by atoms with van der Waals surface area (Å²) in [5.41, 5.74) is 4.35. The van der Waals surface area contributed by atoms with E-state index in [4.69, 9.17) is 9.15 Å². The number of benzene rings is 2. The molecule has 0 bridgehead atoms. The average Bonchev–Trinajstić information content (AvgIpc) is 3.45. The zero-order chi connectivity index (χ0) is 24.5. The van der Waals surface area contributed by atoms with Gasteiger partial charge >= 0.3 is 0 Å². The van der Waals surface area contributed by atoms with E-state index >= 15 is 0 Å².